The van der Waals surface area contributed by atoms with Crippen molar-refractivity contribution in [2.45, 2.75) is 13.3 Å². The van der Waals surface area contributed by atoms with Crippen LogP contribution in [0.25, 0.3) is 35.6 Å². The third kappa shape index (κ3) is 2.37. The molecule has 0 heterocycles. The molecule has 0 radical (unpaired) electrons. The lowest BCUT2D eigenvalue weighted by molar-refractivity contribution is 1.44. The van der Waals surface area contributed by atoms with Gasteiger partial charge in [-0.05, 0) is 69.9 Å². The molecule has 1 aliphatic carbocycles. The Morgan fingerprint density at radius 1 is 1.00 bits per heavy atom. The monoisotopic (exact) mass is 258 g/mol. The molecule has 1 aliphatic rings. The minimum Gasteiger partial charge on any atom is -0.0961 e. The smallest absolute Gasteiger partial charge is 0.0162 e. The fourth-order valence-corrected chi connectivity index (χ4v) is 2.61. The van der Waals surface area contributed by atoms with E-state index in [-0.39, 0.29) is 0 Å². The van der Waals surface area contributed by atoms with Crippen molar-refractivity contribution in [3.8, 4) is 0 Å². The SMILES string of the molecule is C=C(C)/C=c1/cc2cc3c(cc2cc1=C)C=CCC=C3. The van der Waals surface area contributed by atoms with E-state index < -0.39 is 0 Å². The van der Waals surface area contributed by atoms with Crippen LogP contribution in [-0.4, -0.2) is 0 Å². The molecule has 0 unspecified atom stereocenters. The molecule has 0 heteroatoms. The Hall–Kier alpha value is -2.34. The van der Waals surface area contributed by atoms with Crippen molar-refractivity contribution < 1.29 is 0 Å². The number of hydrogen-bond acceptors (Lipinski definition) is 0. The molecule has 0 bridgehead atoms. The van der Waals surface area contributed by atoms with Gasteiger partial charge in [0.2, 0.25) is 0 Å². The molecular formula is C20H18. The Morgan fingerprint density at radius 2 is 1.60 bits per heavy atom. The number of fused-ring (bicyclic) bond motifs is 2. The predicted octanol–water partition coefficient (Wildman–Crippen LogP) is 4.04. The van der Waals surface area contributed by atoms with Gasteiger partial charge in [-0.3, -0.25) is 0 Å². The van der Waals surface area contributed by atoms with Crippen molar-refractivity contribution in [2.75, 3.05) is 0 Å². The van der Waals surface area contributed by atoms with Gasteiger partial charge < -0.3 is 0 Å². The summed E-state index contributed by atoms with van der Waals surface area (Å²) in [5.41, 5.74) is 3.61. The molecule has 0 N–H and O–H groups in total. The fourth-order valence-electron chi connectivity index (χ4n) is 2.61. The fraction of sp³-hybridized carbons (Fsp3) is 0.100. The van der Waals surface area contributed by atoms with Crippen LogP contribution in [0.15, 0.2) is 48.6 Å². The first kappa shape index (κ1) is 12.7. The van der Waals surface area contributed by atoms with Crippen LogP contribution in [0.3, 0.4) is 0 Å². The standard InChI is InChI=1S/C20H18/c1-14(2)9-18-13-20-12-17-8-6-4-5-7-16(17)11-19(20)10-15(18)3/h5-13H,1,3-4H2,2H3/b18-9-. The van der Waals surface area contributed by atoms with Crippen LogP contribution in [0.5, 0.6) is 0 Å². The second kappa shape index (κ2) is 4.97. The number of rotatable bonds is 1. The first-order valence-electron chi connectivity index (χ1n) is 6.90. The maximum absolute atomic E-state index is 4.15. The summed E-state index contributed by atoms with van der Waals surface area (Å²) >= 11 is 0. The molecular weight excluding hydrogens is 240 g/mol. The van der Waals surface area contributed by atoms with E-state index in [0.29, 0.717) is 0 Å². The first-order chi connectivity index (χ1) is 9.63. The van der Waals surface area contributed by atoms with E-state index in [0.717, 1.165) is 22.4 Å². The largest absolute Gasteiger partial charge is 0.0961 e. The molecule has 2 aromatic carbocycles. The van der Waals surface area contributed by atoms with Crippen LogP contribution in [-0.2, 0) is 0 Å². The third-order valence-corrected chi connectivity index (χ3v) is 3.57. The molecule has 0 saturated carbocycles. The maximum atomic E-state index is 4.15. The molecule has 0 atom stereocenters. The van der Waals surface area contributed by atoms with Crippen LogP contribution in [0.1, 0.15) is 24.5 Å². The van der Waals surface area contributed by atoms with E-state index in [1.54, 1.807) is 0 Å². The van der Waals surface area contributed by atoms with Gasteiger partial charge in [-0.1, -0.05) is 49.1 Å². The molecule has 98 valence electrons. The number of allylic oxidation sites excluding steroid dienone is 3. The molecule has 2 aromatic rings. The van der Waals surface area contributed by atoms with Gasteiger partial charge in [-0.25, -0.2) is 0 Å². The van der Waals surface area contributed by atoms with Crippen molar-refractivity contribution in [2.24, 2.45) is 0 Å². The van der Waals surface area contributed by atoms with Crippen molar-refractivity contribution in [3.63, 3.8) is 0 Å². The topological polar surface area (TPSA) is 0 Å². The van der Waals surface area contributed by atoms with Gasteiger partial charge >= 0.3 is 0 Å². The van der Waals surface area contributed by atoms with E-state index >= 15 is 0 Å². The Balaban J connectivity index is 2.34. The summed E-state index contributed by atoms with van der Waals surface area (Å²) < 4.78 is 0. The second-order valence-electron chi connectivity index (χ2n) is 5.41. The minimum atomic E-state index is 1.00. The van der Waals surface area contributed by atoms with E-state index in [2.05, 4.69) is 67.8 Å². The summed E-state index contributed by atoms with van der Waals surface area (Å²) in [6.07, 6.45) is 11.9. The number of hydrogen-bond donors (Lipinski definition) is 0. The molecule has 0 aliphatic heterocycles. The molecule has 0 nitrogen and oxygen atoms in total. The maximum Gasteiger partial charge on any atom is -0.0162 e. The van der Waals surface area contributed by atoms with Crippen LogP contribution >= 0.6 is 0 Å². The zero-order chi connectivity index (χ0) is 14.1. The van der Waals surface area contributed by atoms with E-state index in [9.17, 15) is 0 Å². The highest BCUT2D eigenvalue weighted by Gasteiger charge is 2.02. The summed E-state index contributed by atoms with van der Waals surface area (Å²) in [4.78, 5) is 0. The Morgan fingerprint density at radius 3 is 2.20 bits per heavy atom. The van der Waals surface area contributed by atoms with Crippen LogP contribution in [0, 0.1) is 0 Å². The molecule has 0 amide bonds. The van der Waals surface area contributed by atoms with Crippen LogP contribution in [0.4, 0.5) is 0 Å². The zero-order valence-electron chi connectivity index (χ0n) is 11.8. The summed E-state index contributed by atoms with van der Waals surface area (Å²) in [7, 11) is 0. The molecule has 0 fully saturated rings. The zero-order valence-corrected chi connectivity index (χ0v) is 11.8. The quantitative estimate of drug-likeness (QED) is 0.724. The third-order valence-electron chi connectivity index (χ3n) is 3.57. The number of benzene rings is 2. The average Bonchev–Trinajstić information content (AvgIpc) is 2.61. The van der Waals surface area contributed by atoms with Gasteiger partial charge in [0.15, 0.2) is 0 Å². The summed E-state index contributed by atoms with van der Waals surface area (Å²) in [5, 5.41) is 4.70. The first-order valence-corrected chi connectivity index (χ1v) is 6.90. The van der Waals surface area contributed by atoms with Crippen molar-refractivity contribution in [1.82, 2.24) is 0 Å². The van der Waals surface area contributed by atoms with Gasteiger partial charge in [-0.2, -0.15) is 0 Å². The predicted molar refractivity (Wildman–Crippen MR) is 90.7 cm³/mol. The molecule has 0 spiro atoms. The normalized spacial score (nSPS) is 14.3. The van der Waals surface area contributed by atoms with Gasteiger partial charge in [0.05, 0.1) is 0 Å². The van der Waals surface area contributed by atoms with Gasteiger partial charge in [-0.15, -0.1) is 0 Å². The van der Waals surface area contributed by atoms with Gasteiger partial charge in [0, 0.05) is 0 Å². The van der Waals surface area contributed by atoms with Crippen LogP contribution < -0.4 is 10.4 Å². The molecule has 0 saturated heterocycles. The highest BCUT2D eigenvalue weighted by Crippen LogP contribution is 2.23. The lowest BCUT2D eigenvalue weighted by atomic mass is 9.99. The second-order valence-corrected chi connectivity index (χ2v) is 5.41. The summed E-state index contributed by atoms with van der Waals surface area (Å²) in [6, 6.07) is 8.87. The lowest BCUT2D eigenvalue weighted by Gasteiger charge is -2.05. The van der Waals surface area contributed by atoms with Crippen molar-refractivity contribution in [1.29, 1.82) is 0 Å². The van der Waals surface area contributed by atoms with Crippen LogP contribution in [0.2, 0.25) is 0 Å². The molecule has 20 heavy (non-hydrogen) atoms. The highest BCUT2D eigenvalue weighted by atomic mass is 14.1. The van der Waals surface area contributed by atoms with E-state index in [1.165, 1.54) is 21.9 Å². The molecule has 3 rings (SSSR count). The Kier molecular flexibility index (Phi) is 3.15. The van der Waals surface area contributed by atoms with E-state index in [1.807, 2.05) is 6.92 Å². The Labute approximate surface area is 119 Å². The average molecular weight is 258 g/mol. The highest BCUT2D eigenvalue weighted by molar-refractivity contribution is 5.89. The van der Waals surface area contributed by atoms with Gasteiger partial charge in [0.1, 0.15) is 0 Å². The van der Waals surface area contributed by atoms with E-state index in [4.69, 9.17) is 0 Å². The van der Waals surface area contributed by atoms with Crippen molar-refractivity contribution >= 4 is 35.6 Å². The van der Waals surface area contributed by atoms with Crippen molar-refractivity contribution in [3.05, 3.63) is 70.1 Å². The Bertz CT molecular complexity index is 861. The van der Waals surface area contributed by atoms with Gasteiger partial charge in [0.25, 0.3) is 0 Å². The molecule has 0 aromatic heterocycles. The minimum absolute atomic E-state index is 1.00. The lowest BCUT2D eigenvalue weighted by Crippen LogP contribution is -2.22. The summed E-state index contributed by atoms with van der Waals surface area (Å²) in [5.74, 6) is 0. The summed E-state index contributed by atoms with van der Waals surface area (Å²) in [6.45, 7) is 10.1.